The normalized spacial score (nSPS) is 22.8. The van der Waals surface area contributed by atoms with Gasteiger partial charge in [-0.15, -0.1) is 0 Å². The van der Waals surface area contributed by atoms with Crippen LogP contribution in [0.3, 0.4) is 0 Å². The second kappa shape index (κ2) is 9.20. The molecule has 1 N–H and O–H groups in total. The summed E-state index contributed by atoms with van der Waals surface area (Å²) in [6.07, 6.45) is 6.94. The van der Waals surface area contributed by atoms with Crippen LogP contribution in [0.5, 0.6) is 5.75 Å². The van der Waals surface area contributed by atoms with E-state index in [1.54, 1.807) is 30.0 Å². The fourth-order valence-corrected chi connectivity index (χ4v) is 4.26. The second-order valence-corrected chi connectivity index (χ2v) is 8.36. The molecule has 0 bridgehead atoms. The topological polar surface area (TPSA) is 94.2 Å². The van der Waals surface area contributed by atoms with Gasteiger partial charge in [-0.3, -0.25) is 14.4 Å². The maximum atomic E-state index is 12.8. The number of fused-ring (bicyclic) bond motifs is 1. The molecule has 1 aromatic carbocycles. The molecule has 0 saturated carbocycles. The van der Waals surface area contributed by atoms with Gasteiger partial charge in [-0.1, -0.05) is 6.07 Å². The summed E-state index contributed by atoms with van der Waals surface area (Å²) in [4.78, 5) is 43.5. The summed E-state index contributed by atoms with van der Waals surface area (Å²) in [5, 5.41) is 0. The van der Waals surface area contributed by atoms with Gasteiger partial charge in [0.2, 0.25) is 5.91 Å². The smallest absolute Gasteiger partial charge is 0.267 e. The van der Waals surface area contributed by atoms with E-state index >= 15 is 0 Å². The number of hydroxylamine groups is 1. The van der Waals surface area contributed by atoms with Crippen LogP contribution < -0.4 is 10.2 Å². The number of rotatable bonds is 4. The van der Waals surface area contributed by atoms with Gasteiger partial charge in [0.15, 0.2) is 12.1 Å². The molecule has 2 fully saturated rings. The molecule has 4 rings (SSSR count). The number of Topliss-reactive ketones (excluding diaryl/α,β-unsaturated/α-hetero) is 1. The SMILES string of the molecule is CC(=O)N1CCC2(CC1)CC(=O)c1cc(C=CC(=O)NOC3CCCCO3)ccc1O2. The van der Waals surface area contributed by atoms with Crippen LogP contribution >= 0.6 is 0 Å². The number of nitrogens with one attached hydrogen (secondary N) is 1. The lowest BCUT2D eigenvalue weighted by Crippen LogP contribution is -2.51. The summed E-state index contributed by atoms with van der Waals surface area (Å²) in [5.41, 5.74) is 3.08. The number of piperidine rings is 1. The van der Waals surface area contributed by atoms with Crippen molar-refractivity contribution in [3.8, 4) is 5.75 Å². The molecule has 3 aliphatic heterocycles. The Morgan fingerprint density at radius 1 is 1.26 bits per heavy atom. The Kier molecular flexibility index (Phi) is 6.38. The zero-order chi connectivity index (χ0) is 21.8. The van der Waals surface area contributed by atoms with E-state index in [0.29, 0.717) is 50.3 Å². The highest BCUT2D eigenvalue weighted by atomic mass is 16.8. The number of carbonyl (C=O) groups is 3. The molecule has 3 heterocycles. The van der Waals surface area contributed by atoms with Gasteiger partial charge in [0, 0.05) is 52.0 Å². The maximum absolute atomic E-state index is 12.8. The number of ether oxygens (including phenoxy) is 2. The highest BCUT2D eigenvalue weighted by molar-refractivity contribution is 6.01. The molecular weight excluding hydrogens is 400 g/mol. The highest BCUT2D eigenvalue weighted by Crippen LogP contribution is 2.39. The number of carbonyl (C=O) groups excluding carboxylic acids is 3. The van der Waals surface area contributed by atoms with Gasteiger partial charge in [0.05, 0.1) is 12.0 Å². The third-order valence-corrected chi connectivity index (χ3v) is 6.09. The van der Waals surface area contributed by atoms with E-state index in [0.717, 1.165) is 24.8 Å². The van der Waals surface area contributed by atoms with Crippen molar-refractivity contribution in [1.82, 2.24) is 10.4 Å². The summed E-state index contributed by atoms with van der Waals surface area (Å²) in [7, 11) is 0. The van der Waals surface area contributed by atoms with Gasteiger partial charge < -0.3 is 14.4 Å². The molecule has 2 saturated heterocycles. The fraction of sp³-hybridized carbons (Fsp3) is 0.522. The molecule has 1 spiro atoms. The van der Waals surface area contributed by atoms with E-state index in [-0.39, 0.29) is 11.7 Å². The largest absolute Gasteiger partial charge is 0.486 e. The number of hydrogen-bond acceptors (Lipinski definition) is 6. The van der Waals surface area contributed by atoms with E-state index in [4.69, 9.17) is 14.3 Å². The van der Waals surface area contributed by atoms with Gasteiger partial charge in [-0.25, -0.2) is 10.3 Å². The van der Waals surface area contributed by atoms with Crippen LogP contribution in [0.25, 0.3) is 6.08 Å². The van der Waals surface area contributed by atoms with E-state index < -0.39 is 17.8 Å². The first-order valence-electron chi connectivity index (χ1n) is 10.8. The minimum Gasteiger partial charge on any atom is -0.486 e. The molecule has 166 valence electrons. The van der Waals surface area contributed by atoms with Gasteiger partial charge >= 0.3 is 0 Å². The molecule has 8 nitrogen and oxygen atoms in total. The molecule has 0 aliphatic carbocycles. The van der Waals surface area contributed by atoms with Crippen molar-refractivity contribution < 1.29 is 28.7 Å². The molecule has 2 amide bonds. The summed E-state index contributed by atoms with van der Waals surface area (Å²) in [6, 6.07) is 5.32. The number of benzene rings is 1. The summed E-state index contributed by atoms with van der Waals surface area (Å²) >= 11 is 0. The fourth-order valence-electron chi connectivity index (χ4n) is 4.26. The highest BCUT2D eigenvalue weighted by Gasteiger charge is 2.43. The van der Waals surface area contributed by atoms with Crippen LogP contribution in [-0.2, 0) is 19.2 Å². The first kappa shape index (κ1) is 21.5. The Morgan fingerprint density at radius 2 is 2.06 bits per heavy atom. The Hall–Kier alpha value is -2.71. The standard InChI is InChI=1S/C23H28N2O6/c1-16(26)25-11-9-23(10-12-25)15-19(27)18-14-17(5-7-20(18)30-23)6-8-21(28)24-31-22-4-2-3-13-29-22/h5-8,14,22H,2-4,9-13,15H2,1H3,(H,24,28). The molecular formula is C23H28N2O6. The van der Waals surface area contributed by atoms with Crippen molar-refractivity contribution >= 4 is 23.7 Å². The Balaban J connectivity index is 1.36. The first-order valence-corrected chi connectivity index (χ1v) is 10.8. The Morgan fingerprint density at radius 3 is 2.77 bits per heavy atom. The predicted octanol–water partition coefficient (Wildman–Crippen LogP) is 2.62. The van der Waals surface area contributed by atoms with Gasteiger partial charge in [-0.2, -0.15) is 0 Å². The summed E-state index contributed by atoms with van der Waals surface area (Å²) < 4.78 is 11.6. The number of likely N-dealkylation sites (tertiary alicyclic amines) is 1. The lowest BCUT2D eigenvalue weighted by atomic mass is 9.82. The van der Waals surface area contributed by atoms with Crippen LogP contribution in [0.15, 0.2) is 24.3 Å². The van der Waals surface area contributed by atoms with E-state index in [2.05, 4.69) is 5.48 Å². The van der Waals surface area contributed by atoms with Crippen LogP contribution in [0.4, 0.5) is 0 Å². The van der Waals surface area contributed by atoms with E-state index in [1.807, 2.05) is 6.07 Å². The average molecular weight is 428 g/mol. The first-order chi connectivity index (χ1) is 14.9. The second-order valence-electron chi connectivity index (χ2n) is 8.36. The molecule has 1 unspecified atom stereocenters. The van der Waals surface area contributed by atoms with Crippen molar-refractivity contribution in [2.45, 2.75) is 57.3 Å². The zero-order valence-electron chi connectivity index (χ0n) is 17.7. The van der Waals surface area contributed by atoms with Crippen LogP contribution in [0, 0.1) is 0 Å². The van der Waals surface area contributed by atoms with Crippen molar-refractivity contribution in [2.75, 3.05) is 19.7 Å². The van der Waals surface area contributed by atoms with Crippen LogP contribution in [0.2, 0.25) is 0 Å². The molecule has 1 atom stereocenters. The number of ketones is 1. The average Bonchev–Trinajstić information content (AvgIpc) is 2.77. The van der Waals surface area contributed by atoms with E-state index in [1.165, 1.54) is 6.08 Å². The van der Waals surface area contributed by atoms with Crippen LogP contribution in [-0.4, -0.2) is 54.1 Å². The lowest BCUT2D eigenvalue weighted by Gasteiger charge is -2.43. The van der Waals surface area contributed by atoms with Gasteiger partial charge in [-0.05, 0) is 36.6 Å². The summed E-state index contributed by atoms with van der Waals surface area (Å²) in [6.45, 7) is 3.40. The number of hydrogen-bond donors (Lipinski definition) is 1. The van der Waals surface area contributed by atoms with Gasteiger partial charge in [0.1, 0.15) is 11.4 Å². The minimum absolute atomic E-state index is 0.0232. The van der Waals surface area contributed by atoms with Gasteiger partial charge in [0.25, 0.3) is 5.91 Å². The third kappa shape index (κ3) is 5.14. The molecule has 0 radical (unpaired) electrons. The zero-order valence-corrected chi connectivity index (χ0v) is 17.7. The Bertz CT molecular complexity index is 882. The van der Waals surface area contributed by atoms with Crippen molar-refractivity contribution in [3.63, 3.8) is 0 Å². The molecule has 0 aromatic heterocycles. The number of amides is 2. The molecule has 3 aliphatic rings. The monoisotopic (exact) mass is 428 g/mol. The quantitative estimate of drug-likeness (QED) is 0.585. The van der Waals surface area contributed by atoms with Crippen molar-refractivity contribution in [2.24, 2.45) is 0 Å². The lowest BCUT2D eigenvalue weighted by molar-refractivity contribution is -0.198. The molecule has 31 heavy (non-hydrogen) atoms. The van der Waals surface area contributed by atoms with Crippen LogP contribution in [0.1, 0.15) is 61.4 Å². The molecule has 1 aromatic rings. The predicted molar refractivity (Wildman–Crippen MR) is 112 cm³/mol. The molecule has 8 heteroatoms. The number of nitrogens with zero attached hydrogens (tertiary/aromatic N) is 1. The summed E-state index contributed by atoms with van der Waals surface area (Å²) in [5.74, 6) is 0.238. The Labute approximate surface area is 181 Å². The van der Waals surface area contributed by atoms with Crippen molar-refractivity contribution in [3.05, 3.63) is 35.4 Å². The minimum atomic E-state index is -0.536. The third-order valence-electron chi connectivity index (χ3n) is 6.09. The van der Waals surface area contributed by atoms with Crippen molar-refractivity contribution in [1.29, 1.82) is 0 Å². The van der Waals surface area contributed by atoms with E-state index in [9.17, 15) is 14.4 Å². The maximum Gasteiger partial charge on any atom is 0.267 e.